The minimum atomic E-state index is -0.0225. The third-order valence-electron chi connectivity index (χ3n) is 4.59. The highest BCUT2D eigenvalue weighted by Gasteiger charge is 2.15. The number of amides is 1. The summed E-state index contributed by atoms with van der Waals surface area (Å²) in [5, 5.41) is 9.36. The molecule has 6 heteroatoms. The lowest BCUT2D eigenvalue weighted by Gasteiger charge is -2.23. The van der Waals surface area contributed by atoms with Crippen LogP contribution in [0.4, 0.5) is 0 Å². The van der Waals surface area contributed by atoms with Gasteiger partial charge in [-0.05, 0) is 38.3 Å². The van der Waals surface area contributed by atoms with Gasteiger partial charge in [-0.25, -0.2) is 0 Å². The minimum Gasteiger partial charge on any atom is -0.489 e. The number of carbonyl (C=O) groups excluding carboxylic acids is 1. The molecule has 0 radical (unpaired) electrons. The molecule has 1 amide bonds. The second-order valence-electron chi connectivity index (χ2n) is 6.90. The number of nitrogens with one attached hydrogen (secondary N) is 3. The zero-order chi connectivity index (χ0) is 18.8. The van der Waals surface area contributed by atoms with E-state index in [0.717, 1.165) is 24.2 Å². The summed E-state index contributed by atoms with van der Waals surface area (Å²) >= 11 is 0. The summed E-state index contributed by atoms with van der Waals surface area (Å²) in [4.78, 5) is 16.2. The minimum absolute atomic E-state index is 0.0176. The standard InChI is InChI=1S/C20H32N4O2/c1-15-9-7-8-12-18(15)26-16(2)13-22-20(21-3)23-14-19(25)24-17-10-5-4-6-11-17/h7-9,12,16-17H,4-6,10-11,13-14H2,1-3H3,(H,24,25)(H2,21,22,23). The van der Waals surface area contributed by atoms with E-state index in [2.05, 4.69) is 20.9 Å². The van der Waals surface area contributed by atoms with Crippen LogP contribution in [0.15, 0.2) is 29.3 Å². The molecule has 0 saturated heterocycles. The topological polar surface area (TPSA) is 74.8 Å². The Hall–Kier alpha value is -2.24. The predicted octanol–water partition coefficient (Wildman–Crippen LogP) is 2.38. The van der Waals surface area contributed by atoms with Crippen LogP contribution in [0.3, 0.4) is 0 Å². The van der Waals surface area contributed by atoms with Gasteiger partial charge in [0.1, 0.15) is 11.9 Å². The summed E-state index contributed by atoms with van der Waals surface area (Å²) in [7, 11) is 1.70. The van der Waals surface area contributed by atoms with Crippen molar-refractivity contribution in [2.45, 2.75) is 58.1 Å². The molecule has 1 fully saturated rings. The van der Waals surface area contributed by atoms with Gasteiger partial charge in [-0.1, -0.05) is 37.5 Å². The average molecular weight is 361 g/mol. The van der Waals surface area contributed by atoms with E-state index in [1.54, 1.807) is 7.05 Å². The van der Waals surface area contributed by atoms with E-state index >= 15 is 0 Å². The normalized spacial score (nSPS) is 16.7. The molecule has 0 heterocycles. The van der Waals surface area contributed by atoms with Gasteiger partial charge >= 0.3 is 0 Å². The number of rotatable bonds is 7. The Bertz CT molecular complexity index is 597. The molecule has 1 aromatic rings. The van der Waals surface area contributed by atoms with Crippen molar-refractivity contribution in [3.05, 3.63) is 29.8 Å². The summed E-state index contributed by atoms with van der Waals surface area (Å²) in [5.41, 5.74) is 1.11. The van der Waals surface area contributed by atoms with E-state index in [1.807, 2.05) is 38.1 Å². The summed E-state index contributed by atoms with van der Waals surface area (Å²) in [6.45, 7) is 4.85. The van der Waals surface area contributed by atoms with Gasteiger partial charge in [-0.15, -0.1) is 0 Å². The van der Waals surface area contributed by atoms with Crippen molar-refractivity contribution in [2.24, 2.45) is 4.99 Å². The van der Waals surface area contributed by atoms with Crippen LogP contribution in [0.2, 0.25) is 0 Å². The Morgan fingerprint density at radius 1 is 1.23 bits per heavy atom. The zero-order valence-corrected chi connectivity index (χ0v) is 16.2. The van der Waals surface area contributed by atoms with Crippen molar-refractivity contribution in [3.63, 3.8) is 0 Å². The van der Waals surface area contributed by atoms with Crippen molar-refractivity contribution >= 4 is 11.9 Å². The molecular formula is C20H32N4O2. The van der Waals surface area contributed by atoms with Crippen LogP contribution in [-0.2, 0) is 4.79 Å². The van der Waals surface area contributed by atoms with Gasteiger partial charge in [0.2, 0.25) is 5.91 Å². The number of para-hydroxylation sites is 1. The maximum Gasteiger partial charge on any atom is 0.239 e. The number of benzene rings is 1. The predicted molar refractivity (Wildman–Crippen MR) is 106 cm³/mol. The Balaban J connectivity index is 1.68. The van der Waals surface area contributed by atoms with Crippen molar-refractivity contribution in [3.8, 4) is 5.75 Å². The van der Waals surface area contributed by atoms with Crippen LogP contribution in [0.25, 0.3) is 0 Å². The largest absolute Gasteiger partial charge is 0.489 e. The van der Waals surface area contributed by atoms with Crippen LogP contribution in [0.5, 0.6) is 5.75 Å². The zero-order valence-electron chi connectivity index (χ0n) is 16.2. The van der Waals surface area contributed by atoms with Crippen molar-refractivity contribution in [1.29, 1.82) is 0 Å². The Morgan fingerprint density at radius 2 is 1.96 bits per heavy atom. The first kappa shape index (κ1) is 20.1. The Labute approximate surface area is 156 Å². The summed E-state index contributed by atoms with van der Waals surface area (Å²) in [6, 6.07) is 8.29. The van der Waals surface area contributed by atoms with E-state index in [4.69, 9.17) is 4.74 Å². The van der Waals surface area contributed by atoms with Gasteiger partial charge in [0.05, 0.1) is 13.1 Å². The highest BCUT2D eigenvalue weighted by Crippen LogP contribution is 2.18. The second kappa shape index (κ2) is 10.7. The first-order valence-corrected chi connectivity index (χ1v) is 9.54. The molecule has 3 N–H and O–H groups in total. The molecule has 1 unspecified atom stereocenters. The number of nitrogens with zero attached hydrogens (tertiary/aromatic N) is 1. The number of carbonyl (C=O) groups is 1. The summed E-state index contributed by atoms with van der Waals surface area (Å²) < 4.78 is 5.94. The summed E-state index contributed by atoms with van der Waals surface area (Å²) in [5.74, 6) is 1.50. The monoisotopic (exact) mass is 360 g/mol. The molecule has 0 bridgehead atoms. The molecule has 1 aromatic carbocycles. The second-order valence-corrected chi connectivity index (χ2v) is 6.90. The first-order chi connectivity index (χ1) is 12.6. The van der Waals surface area contributed by atoms with Gasteiger partial charge < -0.3 is 20.7 Å². The molecule has 1 atom stereocenters. The smallest absolute Gasteiger partial charge is 0.239 e. The van der Waals surface area contributed by atoms with Gasteiger partial charge in [-0.3, -0.25) is 9.79 Å². The van der Waals surface area contributed by atoms with E-state index in [9.17, 15) is 4.79 Å². The van der Waals surface area contributed by atoms with E-state index in [1.165, 1.54) is 19.3 Å². The number of hydrogen-bond donors (Lipinski definition) is 3. The van der Waals surface area contributed by atoms with Crippen molar-refractivity contribution in [2.75, 3.05) is 20.1 Å². The van der Waals surface area contributed by atoms with E-state index in [0.29, 0.717) is 18.5 Å². The number of aryl methyl sites for hydroxylation is 1. The summed E-state index contributed by atoms with van der Waals surface area (Å²) in [6.07, 6.45) is 5.86. The first-order valence-electron chi connectivity index (χ1n) is 9.54. The van der Waals surface area contributed by atoms with Crippen LogP contribution in [0.1, 0.15) is 44.6 Å². The quantitative estimate of drug-likeness (QED) is 0.515. The number of aliphatic imine (C=N–C) groups is 1. The maximum absolute atomic E-state index is 12.1. The number of hydrogen-bond acceptors (Lipinski definition) is 3. The van der Waals surface area contributed by atoms with Gasteiger partial charge in [-0.2, -0.15) is 0 Å². The third kappa shape index (κ3) is 6.94. The number of ether oxygens (including phenoxy) is 1. The lowest BCUT2D eigenvalue weighted by molar-refractivity contribution is -0.120. The number of guanidine groups is 1. The highest BCUT2D eigenvalue weighted by molar-refractivity contribution is 5.86. The molecule has 144 valence electrons. The molecule has 2 rings (SSSR count). The SMILES string of the molecule is CN=C(NCC(=O)NC1CCCCC1)NCC(C)Oc1ccccc1C. The fraction of sp³-hybridized carbons (Fsp3) is 0.600. The van der Waals surface area contributed by atoms with Crippen LogP contribution in [0, 0.1) is 6.92 Å². The van der Waals surface area contributed by atoms with Crippen LogP contribution < -0.4 is 20.7 Å². The lowest BCUT2D eigenvalue weighted by atomic mass is 9.95. The molecule has 0 spiro atoms. The molecule has 0 aliphatic heterocycles. The molecule has 0 aromatic heterocycles. The lowest BCUT2D eigenvalue weighted by Crippen LogP contribution is -2.47. The van der Waals surface area contributed by atoms with Gasteiger partial charge in [0, 0.05) is 13.1 Å². The Kier molecular flexibility index (Phi) is 8.25. The average Bonchev–Trinajstić information content (AvgIpc) is 2.64. The fourth-order valence-corrected chi connectivity index (χ4v) is 3.10. The van der Waals surface area contributed by atoms with Gasteiger partial charge in [0.25, 0.3) is 0 Å². The molecule has 6 nitrogen and oxygen atoms in total. The molecule has 1 saturated carbocycles. The highest BCUT2D eigenvalue weighted by atomic mass is 16.5. The molecule has 1 aliphatic carbocycles. The Morgan fingerprint density at radius 3 is 2.65 bits per heavy atom. The molecular weight excluding hydrogens is 328 g/mol. The van der Waals surface area contributed by atoms with Crippen molar-refractivity contribution in [1.82, 2.24) is 16.0 Å². The molecule has 1 aliphatic rings. The molecule has 26 heavy (non-hydrogen) atoms. The van der Waals surface area contributed by atoms with Gasteiger partial charge in [0.15, 0.2) is 5.96 Å². The fourth-order valence-electron chi connectivity index (χ4n) is 3.10. The van der Waals surface area contributed by atoms with Crippen LogP contribution in [-0.4, -0.2) is 44.1 Å². The van der Waals surface area contributed by atoms with E-state index < -0.39 is 0 Å². The maximum atomic E-state index is 12.1. The van der Waals surface area contributed by atoms with E-state index in [-0.39, 0.29) is 18.6 Å². The third-order valence-corrected chi connectivity index (χ3v) is 4.59. The van der Waals surface area contributed by atoms with Crippen LogP contribution >= 0.6 is 0 Å². The van der Waals surface area contributed by atoms with Crippen molar-refractivity contribution < 1.29 is 9.53 Å².